The Balaban J connectivity index is 2.14. The van der Waals surface area contributed by atoms with Gasteiger partial charge in [-0.1, -0.05) is 103 Å². The molecule has 0 spiro atoms. The Morgan fingerprint density at radius 2 is 0.857 bits per heavy atom. The SMILES string of the molecule is Oc1cccc(C(=C(c2ccccc2)c2ccccc2)c2ccccc2)c1O. The van der Waals surface area contributed by atoms with Gasteiger partial charge in [0, 0.05) is 11.1 Å². The summed E-state index contributed by atoms with van der Waals surface area (Å²) in [5, 5.41) is 20.8. The number of rotatable bonds is 4. The van der Waals surface area contributed by atoms with Crippen LogP contribution in [0, 0.1) is 0 Å². The molecule has 0 amide bonds. The molecule has 0 bridgehead atoms. The van der Waals surface area contributed by atoms with Gasteiger partial charge in [0.05, 0.1) is 0 Å². The van der Waals surface area contributed by atoms with Crippen LogP contribution in [0.4, 0.5) is 0 Å². The van der Waals surface area contributed by atoms with Crippen molar-refractivity contribution in [3.05, 3.63) is 131 Å². The molecule has 2 N–H and O–H groups in total. The van der Waals surface area contributed by atoms with Crippen molar-refractivity contribution in [2.45, 2.75) is 0 Å². The quantitative estimate of drug-likeness (QED) is 0.339. The van der Waals surface area contributed by atoms with E-state index in [1.165, 1.54) is 6.07 Å². The Hall–Kier alpha value is -3.78. The topological polar surface area (TPSA) is 40.5 Å². The second kappa shape index (κ2) is 7.85. The Bertz CT molecular complexity index is 1060. The van der Waals surface area contributed by atoms with Crippen LogP contribution in [0.2, 0.25) is 0 Å². The van der Waals surface area contributed by atoms with Crippen molar-refractivity contribution >= 4 is 11.1 Å². The fourth-order valence-electron chi connectivity index (χ4n) is 3.44. The average molecular weight is 364 g/mol. The average Bonchev–Trinajstić information content (AvgIpc) is 2.76. The summed E-state index contributed by atoms with van der Waals surface area (Å²) in [6.45, 7) is 0. The molecular formula is C26H20O2. The molecule has 0 saturated carbocycles. The summed E-state index contributed by atoms with van der Waals surface area (Å²) in [5.74, 6) is -0.253. The second-order valence-corrected chi connectivity index (χ2v) is 6.52. The van der Waals surface area contributed by atoms with Crippen LogP contribution < -0.4 is 0 Å². The van der Waals surface area contributed by atoms with E-state index in [-0.39, 0.29) is 11.5 Å². The fourth-order valence-corrected chi connectivity index (χ4v) is 3.44. The number of hydrogen-bond donors (Lipinski definition) is 2. The van der Waals surface area contributed by atoms with Crippen molar-refractivity contribution in [2.24, 2.45) is 0 Å². The van der Waals surface area contributed by atoms with Crippen LogP contribution >= 0.6 is 0 Å². The normalized spacial score (nSPS) is 10.4. The number of aromatic hydroxyl groups is 2. The largest absolute Gasteiger partial charge is 0.504 e. The number of phenolic OH excluding ortho intramolecular Hbond substituents is 2. The zero-order valence-corrected chi connectivity index (χ0v) is 15.3. The minimum absolute atomic E-state index is 0.120. The van der Waals surface area contributed by atoms with E-state index in [1.54, 1.807) is 6.07 Å². The van der Waals surface area contributed by atoms with E-state index in [0.29, 0.717) is 5.56 Å². The van der Waals surface area contributed by atoms with Gasteiger partial charge in [-0.3, -0.25) is 0 Å². The molecule has 4 aromatic carbocycles. The monoisotopic (exact) mass is 364 g/mol. The number of phenols is 2. The summed E-state index contributed by atoms with van der Waals surface area (Å²) in [6, 6.07) is 35.3. The molecule has 0 radical (unpaired) electrons. The second-order valence-electron chi connectivity index (χ2n) is 6.52. The molecule has 2 nitrogen and oxygen atoms in total. The Morgan fingerprint density at radius 1 is 0.429 bits per heavy atom. The van der Waals surface area contributed by atoms with Gasteiger partial charge < -0.3 is 10.2 Å². The molecule has 0 aromatic heterocycles. The number of benzene rings is 4. The van der Waals surface area contributed by atoms with Crippen LogP contribution in [0.5, 0.6) is 11.5 Å². The van der Waals surface area contributed by atoms with Gasteiger partial charge in [-0.25, -0.2) is 0 Å². The molecule has 0 aliphatic heterocycles. The third kappa shape index (κ3) is 3.40. The highest BCUT2D eigenvalue weighted by molar-refractivity contribution is 6.05. The van der Waals surface area contributed by atoms with E-state index >= 15 is 0 Å². The molecular weight excluding hydrogens is 344 g/mol. The molecule has 0 unspecified atom stereocenters. The zero-order valence-electron chi connectivity index (χ0n) is 15.3. The molecule has 0 saturated heterocycles. The van der Waals surface area contributed by atoms with Crippen molar-refractivity contribution in [3.8, 4) is 11.5 Å². The van der Waals surface area contributed by atoms with Crippen LogP contribution in [-0.4, -0.2) is 10.2 Å². The Morgan fingerprint density at radius 3 is 1.32 bits per heavy atom. The van der Waals surface area contributed by atoms with Crippen molar-refractivity contribution < 1.29 is 10.2 Å². The van der Waals surface area contributed by atoms with Gasteiger partial charge in [0.1, 0.15) is 0 Å². The third-order valence-corrected chi connectivity index (χ3v) is 4.72. The molecule has 2 heteroatoms. The van der Waals surface area contributed by atoms with E-state index in [1.807, 2.05) is 72.8 Å². The first-order chi connectivity index (χ1) is 13.8. The van der Waals surface area contributed by atoms with Crippen molar-refractivity contribution in [1.29, 1.82) is 0 Å². The standard InChI is InChI=1S/C26H20O2/c27-23-18-10-17-22(26(23)28)25(21-15-8-3-9-16-21)24(19-11-4-1-5-12-19)20-13-6-2-7-14-20/h1-18,27-28H. The summed E-state index contributed by atoms with van der Waals surface area (Å²) in [5.41, 5.74) is 5.49. The lowest BCUT2D eigenvalue weighted by Crippen LogP contribution is -1.97. The summed E-state index contributed by atoms with van der Waals surface area (Å²) in [4.78, 5) is 0. The molecule has 0 fully saturated rings. The van der Waals surface area contributed by atoms with E-state index in [0.717, 1.165) is 27.8 Å². The smallest absolute Gasteiger partial charge is 0.165 e. The molecule has 4 aromatic rings. The number of para-hydroxylation sites is 1. The molecule has 0 atom stereocenters. The van der Waals surface area contributed by atoms with Gasteiger partial charge in [-0.15, -0.1) is 0 Å². The van der Waals surface area contributed by atoms with Crippen LogP contribution in [0.15, 0.2) is 109 Å². The lowest BCUT2D eigenvalue weighted by Gasteiger charge is -2.19. The summed E-state index contributed by atoms with van der Waals surface area (Å²) in [6.07, 6.45) is 0. The van der Waals surface area contributed by atoms with E-state index < -0.39 is 0 Å². The highest BCUT2D eigenvalue weighted by Crippen LogP contribution is 2.42. The van der Waals surface area contributed by atoms with Gasteiger partial charge in [0.25, 0.3) is 0 Å². The predicted molar refractivity (Wildman–Crippen MR) is 114 cm³/mol. The highest BCUT2D eigenvalue weighted by atomic mass is 16.3. The maximum atomic E-state index is 10.7. The Kier molecular flexibility index (Phi) is 4.94. The van der Waals surface area contributed by atoms with E-state index in [9.17, 15) is 10.2 Å². The predicted octanol–water partition coefficient (Wildman–Crippen LogP) is 6.11. The Labute approximate surface area is 164 Å². The molecule has 28 heavy (non-hydrogen) atoms. The van der Waals surface area contributed by atoms with Gasteiger partial charge in [0.15, 0.2) is 11.5 Å². The number of hydrogen-bond acceptors (Lipinski definition) is 2. The minimum Gasteiger partial charge on any atom is -0.504 e. The van der Waals surface area contributed by atoms with Gasteiger partial charge >= 0.3 is 0 Å². The van der Waals surface area contributed by atoms with Crippen LogP contribution in [0.3, 0.4) is 0 Å². The lowest BCUT2D eigenvalue weighted by molar-refractivity contribution is 0.403. The first kappa shape index (κ1) is 17.6. The minimum atomic E-state index is -0.133. The maximum absolute atomic E-state index is 10.7. The van der Waals surface area contributed by atoms with Crippen molar-refractivity contribution in [2.75, 3.05) is 0 Å². The van der Waals surface area contributed by atoms with Gasteiger partial charge in [-0.05, 0) is 28.3 Å². The third-order valence-electron chi connectivity index (χ3n) is 4.72. The first-order valence-corrected chi connectivity index (χ1v) is 9.17. The van der Waals surface area contributed by atoms with Crippen molar-refractivity contribution in [1.82, 2.24) is 0 Å². The molecule has 0 aliphatic carbocycles. The zero-order chi connectivity index (χ0) is 19.3. The van der Waals surface area contributed by atoms with Gasteiger partial charge in [0.2, 0.25) is 0 Å². The first-order valence-electron chi connectivity index (χ1n) is 9.17. The van der Waals surface area contributed by atoms with Crippen molar-refractivity contribution in [3.63, 3.8) is 0 Å². The summed E-state index contributed by atoms with van der Waals surface area (Å²) in [7, 11) is 0. The van der Waals surface area contributed by atoms with Gasteiger partial charge in [-0.2, -0.15) is 0 Å². The lowest BCUT2D eigenvalue weighted by atomic mass is 9.85. The molecule has 0 aliphatic rings. The molecule has 4 rings (SSSR count). The maximum Gasteiger partial charge on any atom is 0.165 e. The summed E-state index contributed by atoms with van der Waals surface area (Å²) >= 11 is 0. The van der Waals surface area contributed by atoms with Crippen LogP contribution in [0.1, 0.15) is 22.3 Å². The van der Waals surface area contributed by atoms with E-state index in [4.69, 9.17) is 0 Å². The molecule has 136 valence electrons. The summed E-state index contributed by atoms with van der Waals surface area (Å²) < 4.78 is 0. The van der Waals surface area contributed by atoms with Crippen LogP contribution in [-0.2, 0) is 0 Å². The van der Waals surface area contributed by atoms with Crippen LogP contribution in [0.25, 0.3) is 11.1 Å². The van der Waals surface area contributed by atoms with E-state index in [2.05, 4.69) is 24.3 Å². The highest BCUT2D eigenvalue weighted by Gasteiger charge is 2.19. The molecule has 0 heterocycles. The fraction of sp³-hybridized carbons (Fsp3) is 0.